The lowest BCUT2D eigenvalue weighted by molar-refractivity contribution is 0.0930. The maximum absolute atomic E-state index is 13.5. The Balaban J connectivity index is 1.21. The van der Waals surface area contributed by atoms with E-state index in [0.29, 0.717) is 0 Å². The molecule has 0 aliphatic heterocycles. The fourth-order valence-corrected chi connectivity index (χ4v) is 5.15. The van der Waals surface area contributed by atoms with Crippen LogP contribution >= 0.6 is 0 Å². The van der Waals surface area contributed by atoms with Crippen LogP contribution in [0.15, 0.2) is 91.0 Å². The van der Waals surface area contributed by atoms with Crippen molar-refractivity contribution in [3.63, 3.8) is 0 Å². The van der Waals surface area contributed by atoms with E-state index in [1.165, 1.54) is 21.9 Å². The quantitative estimate of drug-likeness (QED) is 0.266. The first-order valence-electron chi connectivity index (χ1n) is 12.3. The maximum Gasteiger partial charge on any atom is 0.252 e. The summed E-state index contributed by atoms with van der Waals surface area (Å²) in [6.07, 6.45) is 1.93. The largest absolute Gasteiger partial charge is 0.357 e. The summed E-state index contributed by atoms with van der Waals surface area (Å²) in [5, 5.41) is 10.4. The minimum absolute atomic E-state index is 0.00631. The van der Waals surface area contributed by atoms with E-state index >= 15 is 0 Å². The molecular formula is C31H29N3O. The number of nitrogens with one attached hydrogen (secondary N) is 3. The molecule has 0 spiro atoms. The fraction of sp³-hybridized carbons (Fsp3) is 0.194. The van der Waals surface area contributed by atoms with Crippen LogP contribution in [0.25, 0.3) is 21.7 Å². The van der Waals surface area contributed by atoms with E-state index in [1.807, 2.05) is 19.1 Å². The first-order chi connectivity index (χ1) is 17.1. The van der Waals surface area contributed by atoms with Crippen molar-refractivity contribution in [3.05, 3.63) is 119 Å². The number of hydrogen-bond acceptors (Lipinski definition) is 2. The molecule has 4 heteroatoms. The molecule has 0 atom stereocenters. The molecule has 1 heterocycles. The Morgan fingerprint density at radius 3 is 2.46 bits per heavy atom. The lowest BCUT2D eigenvalue weighted by Gasteiger charge is -2.21. The van der Waals surface area contributed by atoms with Crippen LogP contribution in [0.1, 0.15) is 45.6 Å². The molecule has 4 aromatic carbocycles. The van der Waals surface area contributed by atoms with Gasteiger partial charge in [0.05, 0.1) is 5.54 Å². The Morgan fingerprint density at radius 1 is 0.857 bits per heavy atom. The molecule has 1 saturated carbocycles. The number of benzene rings is 4. The number of fused-ring (bicyclic) bond motifs is 2. The number of rotatable bonds is 7. The summed E-state index contributed by atoms with van der Waals surface area (Å²) in [6.45, 7) is 3.58. The van der Waals surface area contributed by atoms with Crippen molar-refractivity contribution in [2.45, 2.75) is 38.4 Å². The van der Waals surface area contributed by atoms with E-state index in [1.54, 1.807) is 0 Å². The first kappa shape index (κ1) is 21.6. The third-order valence-corrected chi connectivity index (χ3v) is 7.16. The van der Waals surface area contributed by atoms with Crippen LogP contribution in [-0.2, 0) is 18.6 Å². The second-order valence-corrected chi connectivity index (χ2v) is 9.70. The normalized spacial score (nSPS) is 14.3. The zero-order valence-electron chi connectivity index (χ0n) is 19.9. The minimum atomic E-state index is -0.276. The molecule has 0 radical (unpaired) electrons. The Morgan fingerprint density at radius 2 is 1.63 bits per heavy atom. The van der Waals surface area contributed by atoms with Crippen molar-refractivity contribution < 1.29 is 4.79 Å². The van der Waals surface area contributed by atoms with Crippen LogP contribution < -0.4 is 10.6 Å². The number of hydrogen-bond donors (Lipinski definition) is 3. The summed E-state index contributed by atoms with van der Waals surface area (Å²) in [5.41, 5.74) is 6.03. The van der Waals surface area contributed by atoms with Gasteiger partial charge in [-0.3, -0.25) is 4.79 Å². The van der Waals surface area contributed by atoms with E-state index in [9.17, 15) is 4.79 Å². The molecule has 1 aliphatic carbocycles. The van der Waals surface area contributed by atoms with Crippen molar-refractivity contribution in [1.82, 2.24) is 15.6 Å². The highest BCUT2D eigenvalue weighted by Gasteiger charge is 2.46. The third-order valence-electron chi connectivity index (χ3n) is 7.16. The molecule has 3 N–H and O–H groups in total. The highest BCUT2D eigenvalue weighted by atomic mass is 16.1. The van der Waals surface area contributed by atoms with Crippen LogP contribution in [0.5, 0.6) is 0 Å². The smallest absolute Gasteiger partial charge is 0.252 e. The van der Waals surface area contributed by atoms with E-state index in [-0.39, 0.29) is 11.4 Å². The molecule has 0 saturated heterocycles. The molecule has 0 bridgehead atoms. The zero-order chi connectivity index (χ0) is 23.8. The van der Waals surface area contributed by atoms with E-state index < -0.39 is 0 Å². The minimum Gasteiger partial charge on any atom is -0.357 e. The number of carbonyl (C=O) groups excluding carboxylic acids is 1. The molecule has 5 aromatic rings. The van der Waals surface area contributed by atoms with Gasteiger partial charge in [0, 0.05) is 35.2 Å². The Kier molecular flexibility index (Phi) is 5.39. The average molecular weight is 460 g/mol. The van der Waals surface area contributed by atoms with Crippen molar-refractivity contribution in [3.8, 4) is 0 Å². The van der Waals surface area contributed by atoms with Gasteiger partial charge in [0.15, 0.2) is 0 Å². The molecule has 35 heavy (non-hydrogen) atoms. The second-order valence-electron chi connectivity index (χ2n) is 9.70. The van der Waals surface area contributed by atoms with Gasteiger partial charge in [-0.2, -0.15) is 0 Å². The number of amides is 1. The summed E-state index contributed by atoms with van der Waals surface area (Å²) in [4.78, 5) is 17.0. The summed E-state index contributed by atoms with van der Waals surface area (Å²) >= 11 is 0. The van der Waals surface area contributed by atoms with Gasteiger partial charge in [-0.05, 0) is 65.4 Å². The van der Waals surface area contributed by atoms with Gasteiger partial charge in [-0.1, -0.05) is 72.8 Å². The number of carbonyl (C=O) groups is 1. The fourth-order valence-electron chi connectivity index (χ4n) is 5.15. The second kappa shape index (κ2) is 8.71. The van der Waals surface area contributed by atoms with Crippen molar-refractivity contribution in [2.75, 3.05) is 0 Å². The molecule has 174 valence electrons. The molecule has 1 fully saturated rings. The molecule has 4 nitrogen and oxygen atoms in total. The highest BCUT2D eigenvalue weighted by Crippen LogP contribution is 2.48. The van der Waals surface area contributed by atoms with Gasteiger partial charge in [0.1, 0.15) is 0 Å². The molecular weight excluding hydrogens is 430 g/mol. The van der Waals surface area contributed by atoms with E-state index in [2.05, 4.69) is 94.5 Å². The number of aromatic amines is 1. The molecule has 6 rings (SSSR count). The van der Waals surface area contributed by atoms with Crippen LogP contribution in [0.3, 0.4) is 0 Å². The molecule has 1 aromatic heterocycles. The van der Waals surface area contributed by atoms with Gasteiger partial charge in [-0.25, -0.2) is 0 Å². The van der Waals surface area contributed by atoms with Gasteiger partial charge >= 0.3 is 0 Å². The van der Waals surface area contributed by atoms with Gasteiger partial charge in [0.25, 0.3) is 5.91 Å². The van der Waals surface area contributed by atoms with Crippen LogP contribution in [-0.4, -0.2) is 10.9 Å². The van der Waals surface area contributed by atoms with Crippen LogP contribution in [0, 0.1) is 6.92 Å². The summed E-state index contributed by atoms with van der Waals surface area (Å²) in [6, 6.07) is 31.5. The van der Waals surface area contributed by atoms with E-state index in [0.717, 1.165) is 53.7 Å². The summed E-state index contributed by atoms with van der Waals surface area (Å²) in [5.74, 6) is -0.00631. The number of H-pyrrole nitrogens is 1. The molecule has 1 aliphatic rings. The highest BCUT2D eigenvalue weighted by molar-refractivity contribution is 6.00. The predicted molar refractivity (Wildman–Crippen MR) is 142 cm³/mol. The lowest BCUT2D eigenvalue weighted by atomic mass is 9.96. The SMILES string of the molecule is Cc1cc2cc(CNCc3ccccc3)[nH]c2cc1C(=O)NC1(c2cccc3ccccc23)CC1. The lowest BCUT2D eigenvalue weighted by Crippen LogP contribution is -2.35. The van der Waals surface area contributed by atoms with Gasteiger partial charge in [0.2, 0.25) is 0 Å². The Bertz CT molecular complexity index is 1520. The van der Waals surface area contributed by atoms with Crippen molar-refractivity contribution in [2.24, 2.45) is 0 Å². The zero-order valence-corrected chi connectivity index (χ0v) is 19.9. The van der Waals surface area contributed by atoms with Gasteiger partial charge < -0.3 is 15.6 Å². The molecule has 1 amide bonds. The Labute approximate surface area is 205 Å². The number of aryl methyl sites for hydroxylation is 1. The number of aromatic nitrogens is 1. The summed E-state index contributed by atoms with van der Waals surface area (Å²) in [7, 11) is 0. The van der Waals surface area contributed by atoms with Crippen molar-refractivity contribution >= 4 is 27.6 Å². The monoisotopic (exact) mass is 459 g/mol. The summed E-state index contributed by atoms with van der Waals surface area (Å²) < 4.78 is 0. The van der Waals surface area contributed by atoms with E-state index in [4.69, 9.17) is 0 Å². The standard InChI is InChI=1S/C31H29N3O/c1-21-16-24-17-25(20-32-19-22-8-3-2-4-9-22)33-29(24)18-27(21)30(35)34-31(14-15-31)28-13-7-11-23-10-5-6-12-26(23)28/h2-13,16-18,32-33H,14-15,19-20H2,1H3,(H,34,35). The molecule has 0 unspecified atom stereocenters. The third kappa shape index (κ3) is 4.22. The van der Waals surface area contributed by atoms with Gasteiger partial charge in [-0.15, -0.1) is 0 Å². The van der Waals surface area contributed by atoms with Crippen LogP contribution in [0.2, 0.25) is 0 Å². The van der Waals surface area contributed by atoms with Crippen LogP contribution in [0.4, 0.5) is 0 Å². The topological polar surface area (TPSA) is 56.9 Å². The average Bonchev–Trinajstić information content (AvgIpc) is 3.55. The predicted octanol–water partition coefficient (Wildman–Crippen LogP) is 6.34. The van der Waals surface area contributed by atoms with Crippen molar-refractivity contribution in [1.29, 1.82) is 0 Å². The Hall–Kier alpha value is -3.89. The maximum atomic E-state index is 13.5. The first-order valence-corrected chi connectivity index (χ1v) is 12.3.